The van der Waals surface area contributed by atoms with Crippen molar-refractivity contribution in [2.75, 3.05) is 7.05 Å². The minimum absolute atomic E-state index is 0.109. The average molecular weight is 397 g/mol. The van der Waals surface area contributed by atoms with E-state index in [-0.39, 0.29) is 17.1 Å². The standard InChI is InChI=1S/C25H19NO4/c1-15-11-12-20-19(13-15)23(27)21-22(26(2)25(28)24(21)30-20)16-7-6-10-18(14-16)29-17-8-4-3-5-9-17/h3-14,22H,1-2H3. The Hall–Kier alpha value is -3.86. The van der Waals surface area contributed by atoms with Crippen molar-refractivity contribution in [2.45, 2.75) is 13.0 Å². The maximum atomic E-state index is 13.4. The van der Waals surface area contributed by atoms with E-state index in [0.29, 0.717) is 28.0 Å². The second kappa shape index (κ2) is 6.88. The van der Waals surface area contributed by atoms with Gasteiger partial charge in [0.25, 0.3) is 5.91 Å². The maximum absolute atomic E-state index is 13.4. The molecule has 5 heteroatoms. The fourth-order valence-electron chi connectivity index (χ4n) is 3.96. The average Bonchev–Trinajstić information content (AvgIpc) is 3.00. The summed E-state index contributed by atoms with van der Waals surface area (Å²) in [6, 6.07) is 21.8. The number of rotatable bonds is 3. The van der Waals surface area contributed by atoms with Gasteiger partial charge in [0.2, 0.25) is 5.76 Å². The predicted molar refractivity (Wildman–Crippen MR) is 114 cm³/mol. The molecule has 0 saturated heterocycles. The number of carbonyl (C=O) groups excluding carboxylic acids is 1. The number of aryl methyl sites for hydroxylation is 1. The van der Waals surface area contributed by atoms with E-state index in [4.69, 9.17) is 9.15 Å². The third-order valence-electron chi connectivity index (χ3n) is 5.41. The summed E-state index contributed by atoms with van der Waals surface area (Å²) < 4.78 is 11.8. The normalized spacial score (nSPS) is 15.5. The van der Waals surface area contributed by atoms with E-state index in [0.717, 1.165) is 11.1 Å². The van der Waals surface area contributed by atoms with E-state index < -0.39 is 6.04 Å². The van der Waals surface area contributed by atoms with E-state index in [2.05, 4.69) is 0 Å². The van der Waals surface area contributed by atoms with Crippen LogP contribution in [0.25, 0.3) is 11.0 Å². The third-order valence-corrected chi connectivity index (χ3v) is 5.41. The minimum Gasteiger partial charge on any atom is -0.457 e. The first-order valence-electron chi connectivity index (χ1n) is 9.70. The molecule has 3 aromatic carbocycles. The molecule has 148 valence electrons. The van der Waals surface area contributed by atoms with Gasteiger partial charge < -0.3 is 14.1 Å². The molecule has 2 heterocycles. The highest BCUT2D eigenvalue weighted by Crippen LogP contribution is 2.38. The SMILES string of the molecule is Cc1ccc2oc3c(c(=O)c2c1)C(c1cccc(Oc2ccccc2)c1)N(C)C3=O. The Labute approximate surface area is 173 Å². The lowest BCUT2D eigenvalue weighted by molar-refractivity contribution is 0.0771. The van der Waals surface area contributed by atoms with Gasteiger partial charge in [-0.25, -0.2) is 0 Å². The van der Waals surface area contributed by atoms with Gasteiger partial charge in [0.1, 0.15) is 17.1 Å². The quantitative estimate of drug-likeness (QED) is 0.484. The van der Waals surface area contributed by atoms with Crippen LogP contribution in [0.15, 0.2) is 82.0 Å². The molecule has 1 amide bonds. The molecule has 0 N–H and O–H groups in total. The van der Waals surface area contributed by atoms with E-state index in [1.54, 1.807) is 24.1 Å². The van der Waals surface area contributed by atoms with Gasteiger partial charge in [-0.3, -0.25) is 9.59 Å². The van der Waals surface area contributed by atoms with Crippen LogP contribution in [-0.2, 0) is 0 Å². The zero-order valence-corrected chi connectivity index (χ0v) is 16.6. The van der Waals surface area contributed by atoms with Gasteiger partial charge >= 0.3 is 0 Å². The Morgan fingerprint density at radius 3 is 2.47 bits per heavy atom. The van der Waals surface area contributed by atoms with E-state index in [1.165, 1.54) is 0 Å². The molecule has 0 bridgehead atoms. The fraction of sp³-hybridized carbons (Fsp3) is 0.120. The number of ether oxygens (including phenoxy) is 1. The molecule has 5 nitrogen and oxygen atoms in total. The van der Waals surface area contributed by atoms with Crippen LogP contribution < -0.4 is 10.2 Å². The Balaban J connectivity index is 1.64. The number of para-hydroxylation sites is 1. The zero-order valence-electron chi connectivity index (χ0n) is 16.6. The predicted octanol–water partition coefficient (Wildman–Crippen LogP) is 5.07. The summed E-state index contributed by atoms with van der Waals surface area (Å²) >= 11 is 0. The van der Waals surface area contributed by atoms with Crippen molar-refractivity contribution in [3.63, 3.8) is 0 Å². The summed E-state index contributed by atoms with van der Waals surface area (Å²) in [4.78, 5) is 27.8. The fourth-order valence-corrected chi connectivity index (χ4v) is 3.96. The molecule has 1 atom stereocenters. The first kappa shape index (κ1) is 18.2. The molecule has 1 aliphatic rings. The molecule has 0 aliphatic carbocycles. The van der Waals surface area contributed by atoms with Gasteiger partial charge in [0.15, 0.2) is 5.43 Å². The second-order valence-electron chi connectivity index (χ2n) is 7.48. The molecular weight excluding hydrogens is 378 g/mol. The third kappa shape index (κ3) is 2.87. The summed E-state index contributed by atoms with van der Waals surface area (Å²) in [6.07, 6.45) is 0. The molecule has 1 aliphatic heterocycles. The van der Waals surface area contributed by atoms with Gasteiger partial charge in [0.05, 0.1) is 17.0 Å². The lowest BCUT2D eigenvalue weighted by Crippen LogP contribution is -2.25. The first-order valence-corrected chi connectivity index (χ1v) is 9.70. The van der Waals surface area contributed by atoms with Crippen LogP contribution >= 0.6 is 0 Å². The summed E-state index contributed by atoms with van der Waals surface area (Å²) in [5, 5.41) is 0.485. The number of hydrogen-bond acceptors (Lipinski definition) is 4. The highest BCUT2D eigenvalue weighted by molar-refractivity contribution is 5.98. The molecule has 0 radical (unpaired) electrons. The maximum Gasteiger partial charge on any atom is 0.290 e. The Morgan fingerprint density at radius 1 is 0.900 bits per heavy atom. The highest BCUT2D eigenvalue weighted by atomic mass is 16.5. The van der Waals surface area contributed by atoms with Gasteiger partial charge in [0, 0.05) is 7.05 Å². The number of benzene rings is 3. The molecule has 1 unspecified atom stereocenters. The van der Waals surface area contributed by atoms with Gasteiger partial charge in [-0.15, -0.1) is 0 Å². The number of fused-ring (bicyclic) bond motifs is 2. The van der Waals surface area contributed by atoms with Crippen molar-refractivity contribution in [1.29, 1.82) is 0 Å². The smallest absolute Gasteiger partial charge is 0.290 e. The molecule has 4 aromatic rings. The van der Waals surface area contributed by atoms with Gasteiger partial charge in [-0.2, -0.15) is 0 Å². The highest BCUT2D eigenvalue weighted by Gasteiger charge is 2.40. The number of amides is 1. The largest absolute Gasteiger partial charge is 0.457 e. The van der Waals surface area contributed by atoms with Crippen molar-refractivity contribution in [2.24, 2.45) is 0 Å². The van der Waals surface area contributed by atoms with Gasteiger partial charge in [-0.1, -0.05) is 42.0 Å². The first-order chi connectivity index (χ1) is 14.5. The molecular formula is C25H19NO4. The van der Waals surface area contributed by atoms with Crippen LogP contribution in [0, 0.1) is 6.92 Å². The van der Waals surface area contributed by atoms with Crippen LogP contribution in [0.2, 0.25) is 0 Å². The van der Waals surface area contributed by atoms with Crippen molar-refractivity contribution >= 4 is 16.9 Å². The lowest BCUT2D eigenvalue weighted by atomic mass is 9.98. The van der Waals surface area contributed by atoms with E-state index >= 15 is 0 Å². The van der Waals surface area contributed by atoms with E-state index in [9.17, 15) is 9.59 Å². The number of nitrogens with zero attached hydrogens (tertiary/aromatic N) is 1. The summed E-state index contributed by atoms with van der Waals surface area (Å²) in [5.74, 6) is 1.16. The van der Waals surface area contributed by atoms with Crippen LogP contribution in [0.5, 0.6) is 11.5 Å². The monoisotopic (exact) mass is 397 g/mol. The number of hydrogen-bond donors (Lipinski definition) is 0. The molecule has 30 heavy (non-hydrogen) atoms. The van der Waals surface area contributed by atoms with Crippen molar-refractivity contribution in [3.05, 3.63) is 105 Å². The van der Waals surface area contributed by atoms with Crippen LogP contribution in [0.1, 0.15) is 33.3 Å². The minimum atomic E-state index is -0.534. The summed E-state index contributed by atoms with van der Waals surface area (Å²) in [6.45, 7) is 1.92. The van der Waals surface area contributed by atoms with E-state index in [1.807, 2.05) is 67.6 Å². The second-order valence-corrected chi connectivity index (χ2v) is 7.48. The van der Waals surface area contributed by atoms with Crippen LogP contribution in [0.4, 0.5) is 0 Å². The number of carbonyl (C=O) groups is 1. The van der Waals surface area contributed by atoms with Gasteiger partial charge in [-0.05, 0) is 48.9 Å². The molecule has 0 spiro atoms. The van der Waals surface area contributed by atoms with Crippen molar-refractivity contribution in [1.82, 2.24) is 4.90 Å². The van der Waals surface area contributed by atoms with Crippen molar-refractivity contribution < 1.29 is 13.9 Å². The lowest BCUT2D eigenvalue weighted by Gasteiger charge is -2.21. The summed E-state index contributed by atoms with van der Waals surface area (Å²) in [5.41, 5.74) is 2.37. The zero-order chi connectivity index (χ0) is 20.8. The molecule has 0 fully saturated rings. The van der Waals surface area contributed by atoms with Crippen molar-refractivity contribution in [3.8, 4) is 11.5 Å². The Kier molecular flexibility index (Phi) is 4.17. The Morgan fingerprint density at radius 2 is 1.67 bits per heavy atom. The molecule has 0 saturated carbocycles. The van der Waals surface area contributed by atoms with Crippen LogP contribution in [0.3, 0.4) is 0 Å². The molecule has 1 aromatic heterocycles. The topological polar surface area (TPSA) is 59.8 Å². The molecule has 5 rings (SSSR count). The Bertz CT molecular complexity index is 1340. The summed E-state index contributed by atoms with van der Waals surface area (Å²) in [7, 11) is 1.68. The van der Waals surface area contributed by atoms with Crippen LogP contribution in [-0.4, -0.2) is 17.9 Å².